The lowest BCUT2D eigenvalue weighted by Gasteiger charge is -2.09. The molecule has 7 heteroatoms. The van der Waals surface area contributed by atoms with E-state index in [0.29, 0.717) is 16.6 Å². The van der Waals surface area contributed by atoms with Gasteiger partial charge in [-0.25, -0.2) is 4.98 Å². The van der Waals surface area contributed by atoms with Gasteiger partial charge in [0, 0.05) is 33.6 Å². The van der Waals surface area contributed by atoms with Gasteiger partial charge in [-0.3, -0.25) is 10.1 Å². The van der Waals surface area contributed by atoms with Crippen molar-refractivity contribution in [1.29, 1.82) is 0 Å². The van der Waals surface area contributed by atoms with E-state index in [0.717, 1.165) is 27.3 Å². The van der Waals surface area contributed by atoms with Crippen LogP contribution in [0.5, 0.6) is 5.75 Å². The molecule has 0 saturated heterocycles. The van der Waals surface area contributed by atoms with Crippen molar-refractivity contribution in [2.45, 2.75) is 10.6 Å². The van der Waals surface area contributed by atoms with Crippen molar-refractivity contribution < 1.29 is 9.66 Å². The second kappa shape index (κ2) is 7.36. The number of non-ortho nitro benzene ring substituents is 1. The number of pyridine rings is 1. The van der Waals surface area contributed by atoms with Crippen LogP contribution in [-0.4, -0.2) is 17.0 Å². The summed E-state index contributed by atoms with van der Waals surface area (Å²) in [4.78, 5) is 16.3. The molecule has 0 atom stereocenters. The number of nitro benzene ring substituents is 1. The number of ether oxygens (including phenoxy) is 1. The summed E-state index contributed by atoms with van der Waals surface area (Å²) < 4.78 is 5.18. The molecule has 0 amide bonds. The highest BCUT2D eigenvalue weighted by Gasteiger charge is 2.12. The van der Waals surface area contributed by atoms with Gasteiger partial charge in [-0.05, 0) is 42.0 Å². The second-order valence-corrected chi connectivity index (χ2v) is 7.35. The molecule has 3 aromatic carbocycles. The Kier molecular flexibility index (Phi) is 4.75. The standard InChI is InChI=1S/C21H17N3O3S/c1-27-15-5-2-13(3-6-15)12-28-16-7-9-20-18(11-16)21(22)17-10-14(24(25)26)4-8-19(17)23-20/h2-11H,12H2,1H3,(H2,22,23). The van der Waals surface area contributed by atoms with Gasteiger partial charge < -0.3 is 10.5 Å². The van der Waals surface area contributed by atoms with Crippen LogP contribution in [0.2, 0.25) is 0 Å². The van der Waals surface area contributed by atoms with Crippen LogP contribution in [-0.2, 0) is 5.75 Å². The Balaban J connectivity index is 1.67. The van der Waals surface area contributed by atoms with Crippen molar-refractivity contribution in [3.8, 4) is 5.75 Å². The number of hydrogen-bond donors (Lipinski definition) is 1. The zero-order valence-electron chi connectivity index (χ0n) is 15.1. The normalized spacial score (nSPS) is 11.0. The van der Waals surface area contributed by atoms with E-state index in [1.165, 1.54) is 17.7 Å². The number of nitro groups is 1. The molecular formula is C21H17N3O3S. The summed E-state index contributed by atoms with van der Waals surface area (Å²) >= 11 is 1.69. The Morgan fingerprint density at radius 2 is 1.71 bits per heavy atom. The molecule has 140 valence electrons. The number of aromatic nitrogens is 1. The van der Waals surface area contributed by atoms with Gasteiger partial charge in [-0.15, -0.1) is 11.8 Å². The number of hydrogen-bond acceptors (Lipinski definition) is 6. The average Bonchev–Trinajstić information content (AvgIpc) is 2.72. The highest BCUT2D eigenvalue weighted by atomic mass is 32.2. The fourth-order valence-corrected chi connectivity index (χ4v) is 3.92. The van der Waals surface area contributed by atoms with Gasteiger partial charge in [0.15, 0.2) is 0 Å². The van der Waals surface area contributed by atoms with Crippen LogP contribution in [0.3, 0.4) is 0 Å². The largest absolute Gasteiger partial charge is 0.497 e. The minimum Gasteiger partial charge on any atom is -0.497 e. The van der Waals surface area contributed by atoms with Gasteiger partial charge >= 0.3 is 0 Å². The predicted molar refractivity (Wildman–Crippen MR) is 113 cm³/mol. The van der Waals surface area contributed by atoms with E-state index >= 15 is 0 Å². The zero-order valence-corrected chi connectivity index (χ0v) is 15.9. The highest BCUT2D eigenvalue weighted by Crippen LogP contribution is 2.34. The number of nitrogens with zero attached hydrogens (tertiary/aromatic N) is 2. The molecule has 0 aliphatic rings. The molecule has 0 radical (unpaired) electrons. The van der Waals surface area contributed by atoms with Gasteiger partial charge in [0.1, 0.15) is 5.75 Å². The third kappa shape index (κ3) is 3.44. The van der Waals surface area contributed by atoms with Gasteiger partial charge in [0.05, 0.1) is 28.8 Å². The van der Waals surface area contributed by atoms with Crippen molar-refractivity contribution in [2.24, 2.45) is 0 Å². The number of fused-ring (bicyclic) bond motifs is 2. The molecule has 1 aromatic heterocycles. The lowest BCUT2D eigenvalue weighted by Crippen LogP contribution is -1.95. The summed E-state index contributed by atoms with van der Waals surface area (Å²) in [6, 6.07) is 18.5. The molecule has 0 spiro atoms. The smallest absolute Gasteiger partial charge is 0.270 e. The highest BCUT2D eigenvalue weighted by molar-refractivity contribution is 7.98. The van der Waals surface area contributed by atoms with Gasteiger partial charge in [-0.2, -0.15) is 0 Å². The van der Waals surface area contributed by atoms with Gasteiger partial charge in [0.25, 0.3) is 5.69 Å². The maximum Gasteiger partial charge on any atom is 0.270 e. The Hall–Kier alpha value is -3.32. The van der Waals surface area contributed by atoms with Crippen LogP contribution in [0.1, 0.15) is 5.56 Å². The van der Waals surface area contributed by atoms with E-state index < -0.39 is 4.92 Å². The SMILES string of the molecule is COc1ccc(CSc2ccc3nc4ccc([N+](=O)[O-])cc4c(N)c3c2)cc1. The van der Waals surface area contributed by atoms with Crippen molar-refractivity contribution >= 4 is 44.9 Å². The molecule has 28 heavy (non-hydrogen) atoms. The van der Waals surface area contributed by atoms with E-state index in [-0.39, 0.29) is 5.69 Å². The lowest BCUT2D eigenvalue weighted by molar-refractivity contribution is -0.384. The molecule has 2 N–H and O–H groups in total. The Morgan fingerprint density at radius 3 is 2.39 bits per heavy atom. The molecule has 0 saturated carbocycles. The number of methoxy groups -OCH3 is 1. The monoisotopic (exact) mass is 391 g/mol. The predicted octanol–water partition coefficient (Wildman–Crippen LogP) is 5.18. The van der Waals surface area contributed by atoms with Crippen molar-refractivity contribution in [3.63, 3.8) is 0 Å². The van der Waals surface area contributed by atoms with Gasteiger partial charge in [-0.1, -0.05) is 12.1 Å². The van der Waals surface area contributed by atoms with Crippen molar-refractivity contribution in [3.05, 3.63) is 76.3 Å². The van der Waals surface area contributed by atoms with E-state index in [1.807, 2.05) is 42.5 Å². The van der Waals surface area contributed by atoms with E-state index in [1.54, 1.807) is 24.9 Å². The molecule has 0 aliphatic carbocycles. The first kappa shape index (κ1) is 18.1. The van der Waals surface area contributed by atoms with Crippen LogP contribution >= 0.6 is 11.8 Å². The molecule has 1 heterocycles. The molecule has 6 nitrogen and oxygen atoms in total. The number of thioether (sulfide) groups is 1. The van der Waals surface area contributed by atoms with E-state index in [2.05, 4.69) is 4.98 Å². The molecule has 4 rings (SSSR count). The van der Waals surface area contributed by atoms with Crippen molar-refractivity contribution in [2.75, 3.05) is 12.8 Å². The van der Waals surface area contributed by atoms with E-state index in [4.69, 9.17) is 10.5 Å². The number of rotatable bonds is 5. The van der Waals surface area contributed by atoms with Crippen LogP contribution < -0.4 is 10.5 Å². The fraction of sp³-hybridized carbons (Fsp3) is 0.0952. The number of nitrogens with two attached hydrogens (primary N) is 1. The summed E-state index contributed by atoms with van der Waals surface area (Å²) in [5.41, 5.74) is 9.47. The Morgan fingerprint density at radius 1 is 1.04 bits per heavy atom. The number of benzene rings is 3. The van der Waals surface area contributed by atoms with Crippen LogP contribution in [0, 0.1) is 10.1 Å². The summed E-state index contributed by atoms with van der Waals surface area (Å²) in [7, 11) is 1.65. The molecular weight excluding hydrogens is 374 g/mol. The third-order valence-corrected chi connectivity index (χ3v) is 5.61. The van der Waals surface area contributed by atoms with E-state index in [9.17, 15) is 10.1 Å². The third-order valence-electron chi connectivity index (χ3n) is 4.54. The van der Waals surface area contributed by atoms with Crippen LogP contribution in [0.15, 0.2) is 65.6 Å². The summed E-state index contributed by atoms with van der Waals surface area (Å²) in [6.07, 6.45) is 0. The maximum atomic E-state index is 11.1. The second-order valence-electron chi connectivity index (χ2n) is 6.30. The number of nitrogen functional groups attached to an aromatic ring is 1. The lowest BCUT2D eigenvalue weighted by atomic mass is 10.1. The Bertz CT molecular complexity index is 1190. The molecule has 0 unspecified atom stereocenters. The Labute approximate surface area is 165 Å². The first-order chi connectivity index (χ1) is 13.5. The fourth-order valence-electron chi connectivity index (χ4n) is 3.03. The number of anilines is 1. The maximum absolute atomic E-state index is 11.1. The molecule has 0 aliphatic heterocycles. The molecule has 0 bridgehead atoms. The van der Waals surface area contributed by atoms with Crippen LogP contribution in [0.4, 0.5) is 11.4 Å². The zero-order chi connectivity index (χ0) is 19.7. The van der Waals surface area contributed by atoms with Crippen LogP contribution in [0.25, 0.3) is 21.8 Å². The first-order valence-electron chi connectivity index (χ1n) is 8.58. The molecule has 4 aromatic rings. The quantitative estimate of drug-likeness (QED) is 0.218. The minimum absolute atomic E-state index is 0.00499. The molecule has 0 fully saturated rings. The minimum atomic E-state index is -0.426. The van der Waals surface area contributed by atoms with Gasteiger partial charge in [0.2, 0.25) is 0 Å². The topological polar surface area (TPSA) is 91.3 Å². The average molecular weight is 391 g/mol. The summed E-state index contributed by atoms with van der Waals surface area (Å²) in [5.74, 6) is 1.64. The summed E-state index contributed by atoms with van der Waals surface area (Å²) in [5, 5.41) is 12.5. The first-order valence-corrected chi connectivity index (χ1v) is 9.57. The van der Waals surface area contributed by atoms with Crippen molar-refractivity contribution in [1.82, 2.24) is 4.98 Å². The summed E-state index contributed by atoms with van der Waals surface area (Å²) in [6.45, 7) is 0.